The van der Waals surface area contributed by atoms with Crippen molar-refractivity contribution in [3.05, 3.63) is 82.0 Å². The second kappa shape index (κ2) is 6.39. The minimum atomic E-state index is -2.08. The molecule has 3 rings (SSSR count). The normalized spacial score (nSPS) is 22.4. The highest BCUT2D eigenvalue weighted by Crippen LogP contribution is 2.53. The lowest BCUT2D eigenvalue weighted by atomic mass is 10.0. The molecule has 2 aromatic rings. The summed E-state index contributed by atoms with van der Waals surface area (Å²) in [6.07, 6.45) is 2.56. The molecule has 2 aromatic carbocycles. The first-order chi connectivity index (χ1) is 12.1. The highest BCUT2D eigenvalue weighted by molar-refractivity contribution is 7.04. The van der Waals surface area contributed by atoms with E-state index in [0.29, 0.717) is 0 Å². The third kappa shape index (κ3) is 2.65. The van der Waals surface area contributed by atoms with Gasteiger partial charge in [0.05, 0.1) is 0 Å². The van der Waals surface area contributed by atoms with E-state index in [1.807, 2.05) is 0 Å². The number of hydrogen-bond donors (Lipinski definition) is 0. The number of hydrogen-bond acceptors (Lipinski definition) is 0. The summed E-state index contributed by atoms with van der Waals surface area (Å²) in [6.45, 7) is 18.7. The van der Waals surface area contributed by atoms with Crippen molar-refractivity contribution in [2.45, 2.75) is 60.1 Å². The van der Waals surface area contributed by atoms with Crippen molar-refractivity contribution in [3.63, 3.8) is 0 Å². The van der Waals surface area contributed by atoms with E-state index in [1.165, 1.54) is 27.8 Å². The first-order valence-electron chi connectivity index (χ1n) is 9.64. The van der Waals surface area contributed by atoms with E-state index in [0.717, 1.165) is 0 Å². The van der Waals surface area contributed by atoms with Gasteiger partial charge in [0, 0.05) is 5.04 Å². The second-order valence-electron chi connectivity index (χ2n) is 8.60. The van der Waals surface area contributed by atoms with Crippen molar-refractivity contribution in [2.75, 3.05) is 0 Å². The van der Waals surface area contributed by atoms with E-state index in [9.17, 15) is 0 Å². The monoisotopic (exact) mass is 360 g/mol. The van der Waals surface area contributed by atoms with Gasteiger partial charge in [0.1, 0.15) is 8.07 Å². The molecular formula is C25H32Si. The standard InChI is InChI=1S/C25H32Si/c1-17-13-18(2)15-23(14-17)26(8,24-12-10-9-11-19(24)3)25(7)16-20(4)21(5)22(25)6/h9-16H,1-8H3. The third-order valence-corrected chi connectivity index (χ3v) is 12.6. The van der Waals surface area contributed by atoms with E-state index >= 15 is 0 Å². The van der Waals surface area contributed by atoms with Crippen LogP contribution in [0.5, 0.6) is 0 Å². The third-order valence-electron chi connectivity index (χ3n) is 6.96. The van der Waals surface area contributed by atoms with Gasteiger partial charge >= 0.3 is 0 Å². The fourth-order valence-corrected chi connectivity index (χ4v) is 10.2. The van der Waals surface area contributed by atoms with E-state index < -0.39 is 8.07 Å². The van der Waals surface area contributed by atoms with Gasteiger partial charge in [0.25, 0.3) is 0 Å². The quantitative estimate of drug-likeness (QED) is 0.601. The Kier molecular flexibility index (Phi) is 4.65. The Hall–Kier alpha value is -1.86. The summed E-state index contributed by atoms with van der Waals surface area (Å²) in [6, 6.07) is 16.2. The van der Waals surface area contributed by atoms with Crippen LogP contribution in [0.4, 0.5) is 0 Å². The summed E-state index contributed by atoms with van der Waals surface area (Å²) in [4.78, 5) is 0. The molecule has 0 spiro atoms. The molecule has 0 saturated carbocycles. The van der Waals surface area contributed by atoms with Gasteiger partial charge in [0.15, 0.2) is 0 Å². The summed E-state index contributed by atoms with van der Waals surface area (Å²) in [7, 11) is -2.08. The molecule has 0 aliphatic heterocycles. The molecule has 1 aliphatic carbocycles. The highest BCUT2D eigenvalue weighted by Gasteiger charge is 2.51. The lowest BCUT2D eigenvalue weighted by Gasteiger charge is -2.45. The number of rotatable bonds is 3. The van der Waals surface area contributed by atoms with Crippen LogP contribution in [-0.2, 0) is 0 Å². The Labute approximate surface area is 160 Å². The van der Waals surface area contributed by atoms with E-state index in [4.69, 9.17) is 0 Å². The van der Waals surface area contributed by atoms with Crippen molar-refractivity contribution >= 4 is 18.4 Å². The van der Waals surface area contributed by atoms with Crippen molar-refractivity contribution in [1.82, 2.24) is 0 Å². The maximum Gasteiger partial charge on any atom is 0.128 e. The Bertz CT molecular complexity index is 911. The van der Waals surface area contributed by atoms with Crippen LogP contribution in [0.2, 0.25) is 11.6 Å². The molecule has 1 aliphatic rings. The lowest BCUT2D eigenvalue weighted by molar-refractivity contribution is 0.864. The highest BCUT2D eigenvalue weighted by atomic mass is 28.3. The van der Waals surface area contributed by atoms with Gasteiger partial charge in [-0.2, -0.15) is 0 Å². The predicted molar refractivity (Wildman–Crippen MR) is 118 cm³/mol. The van der Waals surface area contributed by atoms with Crippen LogP contribution in [-0.4, -0.2) is 8.07 Å². The minimum absolute atomic E-state index is 0.0908. The number of benzene rings is 2. The molecule has 0 N–H and O–H groups in total. The van der Waals surface area contributed by atoms with Crippen molar-refractivity contribution in [1.29, 1.82) is 0 Å². The van der Waals surface area contributed by atoms with Crippen LogP contribution in [0, 0.1) is 20.8 Å². The zero-order chi connectivity index (χ0) is 19.3. The van der Waals surface area contributed by atoms with Gasteiger partial charge in [-0.25, -0.2) is 0 Å². The van der Waals surface area contributed by atoms with E-state index in [2.05, 4.69) is 104 Å². The zero-order valence-electron chi connectivity index (χ0n) is 17.6. The molecule has 0 aromatic heterocycles. The fourth-order valence-electron chi connectivity index (χ4n) is 4.99. The van der Waals surface area contributed by atoms with Crippen LogP contribution in [0.3, 0.4) is 0 Å². The SMILES string of the molecule is CC1=CC(C)([Si](C)(c2cc(C)cc(C)c2)c2ccccc2C)C(C)=C1C. The maximum atomic E-state index is 2.58. The molecule has 136 valence electrons. The summed E-state index contributed by atoms with van der Waals surface area (Å²) in [5.41, 5.74) is 8.63. The first kappa shape index (κ1) is 18.9. The van der Waals surface area contributed by atoms with Gasteiger partial charge in [0.2, 0.25) is 0 Å². The molecule has 0 fully saturated rings. The minimum Gasteiger partial charge on any atom is -0.0733 e. The molecule has 0 saturated heterocycles. The topological polar surface area (TPSA) is 0 Å². The molecule has 26 heavy (non-hydrogen) atoms. The lowest BCUT2D eigenvalue weighted by Crippen LogP contribution is -2.63. The van der Waals surface area contributed by atoms with Crippen molar-refractivity contribution in [2.24, 2.45) is 0 Å². The van der Waals surface area contributed by atoms with Crippen LogP contribution < -0.4 is 10.4 Å². The Morgan fingerprint density at radius 1 is 0.808 bits per heavy atom. The average Bonchev–Trinajstić information content (AvgIpc) is 2.78. The van der Waals surface area contributed by atoms with E-state index in [-0.39, 0.29) is 5.04 Å². The summed E-state index contributed by atoms with van der Waals surface area (Å²) in [5, 5.41) is 3.20. The van der Waals surface area contributed by atoms with Crippen LogP contribution in [0.1, 0.15) is 44.4 Å². The number of allylic oxidation sites excluding steroid dienone is 4. The maximum absolute atomic E-state index is 2.58. The molecule has 0 radical (unpaired) electrons. The summed E-state index contributed by atoms with van der Waals surface area (Å²) >= 11 is 0. The second-order valence-corrected chi connectivity index (χ2v) is 13.0. The molecule has 0 nitrogen and oxygen atoms in total. The summed E-state index contributed by atoms with van der Waals surface area (Å²) < 4.78 is 0. The van der Waals surface area contributed by atoms with E-state index in [1.54, 1.807) is 15.9 Å². The van der Waals surface area contributed by atoms with Gasteiger partial charge in [-0.05, 0) is 47.1 Å². The van der Waals surface area contributed by atoms with Gasteiger partial charge < -0.3 is 0 Å². The molecule has 2 atom stereocenters. The Balaban J connectivity index is 2.41. The van der Waals surface area contributed by atoms with Crippen molar-refractivity contribution in [3.8, 4) is 0 Å². The molecule has 0 heterocycles. The fraction of sp³-hybridized carbons (Fsp3) is 0.360. The van der Waals surface area contributed by atoms with Crippen LogP contribution >= 0.6 is 0 Å². The van der Waals surface area contributed by atoms with Crippen LogP contribution in [0.15, 0.2) is 65.3 Å². The molecular weight excluding hydrogens is 328 g/mol. The van der Waals surface area contributed by atoms with Crippen LogP contribution in [0.25, 0.3) is 0 Å². The number of aryl methyl sites for hydroxylation is 3. The molecule has 0 amide bonds. The zero-order valence-corrected chi connectivity index (χ0v) is 18.6. The largest absolute Gasteiger partial charge is 0.128 e. The molecule has 2 unspecified atom stereocenters. The van der Waals surface area contributed by atoms with Crippen molar-refractivity contribution < 1.29 is 0 Å². The van der Waals surface area contributed by atoms with Gasteiger partial charge in [-0.15, -0.1) is 0 Å². The summed E-state index contributed by atoms with van der Waals surface area (Å²) in [5.74, 6) is 0. The molecule has 1 heteroatoms. The first-order valence-corrected chi connectivity index (χ1v) is 12.1. The molecule has 0 bridgehead atoms. The van der Waals surface area contributed by atoms with Gasteiger partial charge in [-0.1, -0.05) is 100 Å². The Morgan fingerprint density at radius 3 is 1.88 bits per heavy atom. The van der Waals surface area contributed by atoms with Gasteiger partial charge in [-0.3, -0.25) is 0 Å². The smallest absolute Gasteiger partial charge is 0.0733 e. The predicted octanol–water partition coefficient (Wildman–Crippen LogP) is 5.86. The average molecular weight is 361 g/mol. The Morgan fingerprint density at radius 2 is 1.38 bits per heavy atom.